The molecule has 11 heteroatoms. The number of hydrazone groups is 1. The van der Waals surface area contributed by atoms with Crippen LogP contribution in [-0.2, 0) is 16.2 Å². The van der Waals surface area contributed by atoms with Crippen molar-refractivity contribution >= 4 is 64.4 Å². The number of nitrogens with one attached hydrogen (secondary N) is 2. The van der Waals surface area contributed by atoms with Crippen molar-refractivity contribution in [2.45, 2.75) is 45.9 Å². The second-order valence-electron chi connectivity index (χ2n) is 9.32. The van der Waals surface area contributed by atoms with Gasteiger partial charge in [0.15, 0.2) is 6.10 Å². The molecule has 0 aromatic heterocycles. The number of ether oxygens (including phenoxy) is 2. The Kier molecular flexibility index (Phi) is 11.9. The summed E-state index contributed by atoms with van der Waals surface area (Å²) in [6.45, 7) is 5.68. The summed E-state index contributed by atoms with van der Waals surface area (Å²) < 4.78 is 11.6. The molecule has 2 atom stereocenters. The van der Waals surface area contributed by atoms with Gasteiger partial charge in [0.05, 0.1) is 11.2 Å². The molecule has 0 bridgehead atoms. The Bertz CT molecular complexity index is 1370. The monoisotopic (exact) mass is 623 g/mol. The van der Waals surface area contributed by atoms with E-state index in [1.165, 1.54) is 12.3 Å². The maximum Gasteiger partial charge on any atom is 0.262 e. The van der Waals surface area contributed by atoms with E-state index in [2.05, 4.69) is 15.8 Å². The Morgan fingerprint density at radius 1 is 0.875 bits per heavy atom. The first-order valence-corrected chi connectivity index (χ1v) is 14.0. The maximum atomic E-state index is 13.0. The molecule has 0 heterocycles. The third-order valence-electron chi connectivity index (χ3n) is 5.60. The highest BCUT2D eigenvalue weighted by atomic mass is 35.5. The molecule has 3 rings (SSSR count). The number of carbonyl (C=O) groups is 2. The largest absolute Gasteiger partial charge is 0.488 e. The summed E-state index contributed by atoms with van der Waals surface area (Å²) in [5.41, 5.74) is 3.86. The highest BCUT2D eigenvalue weighted by Gasteiger charge is 2.25. The lowest BCUT2D eigenvalue weighted by Crippen LogP contribution is -2.49. The van der Waals surface area contributed by atoms with Gasteiger partial charge in [0, 0.05) is 26.2 Å². The lowest BCUT2D eigenvalue weighted by Gasteiger charge is -2.22. The average molecular weight is 625 g/mol. The maximum absolute atomic E-state index is 13.0. The van der Waals surface area contributed by atoms with E-state index in [1.54, 1.807) is 43.3 Å². The molecule has 0 saturated carbocycles. The first kappa shape index (κ1) is 31.6. The van der Waals surface area contributed by atoms with Gasteiger partial charge in [-0.15, -0.1) is 0 Å². The third kappa shape index (κ3) is 9.59. The fourth-order valence-corrected chi connectivity index (χ4v) is 4.40. The van der Waals surface area contributed by atoms with Crippen molar-refractivity contribution in [1.82, 2.24) is 10.7 Å². The van der Waals surface area contributed by atoms with Crippen LogP contribution in [0.25, 0.3) is 0 Å². The van der Waals surface area contributed by atoms with E-state index in [4.69, 9.17) is 55.9 Å². The fourth-order valence-electron chi connectivity index (χ4n) is 3.57. The zero-order chi connectivity index (χ0) is 29.2. The molecule has 212 valence electrons. The molecule has 0 aliphatic rings. The molecule has 0 aliphatic carbocycles. The average Bonchev–Trinajstić information content (AvgIpc) is 2.89. The van der Waals surface area contributed by atoms with Crippen LogP contribution in [0, 0.1) is 5.92 Å². The van der Waals surface area contributed by atoms with E-state index in [1.807, 2.05) is 32.0 Å². The van der Waals surface area contributed by atoms with Gasteiger partial charge in [-0.1, -0.05) is 78.5 Å². The number of carbonyl (C=O) groups excluding carboxylic acids is 2. The van der Waals surface area contributed by atoms with Crippen LogP contribution in [0.4, 0.5) is 0 Å². The number of rotatable bonds is 12. The smallest absolute Gasteiger partial charge is 0.262 e. The van der Waals surface area contributed by atoms with Crippen LogP contribution in [0.15, 0.2) is 65.8 Å². The lowest BCUT2D eigenvalue weighted by molar-refractivity contribution is -0.132. The molecule has 2 N–H and O–H groups in total. The van der Waals surface area contributed by atoms with Crippen LogP contribution < -0.4 is 20.2 Å². The molecule has 3 aromatic rings. The van der Waals surface area contributed by atoms with Crippen LogP contribution in [0.3, 0.4) is 0 Å². The molecule has 2 amide bonds. The number of halogens is 4. The number of nitrogens with zero attached hydrogens (tertiary/aromatic N) is 1. The number of hydrogen-bond acceptors (Lipinski definition) is 5. The number of hydrogen-bond donors (Lipinski definition) is 2. The highest BCUT2D eigenvalue weighted by molar-refractivity contribution is 6.35. The van der Waals surface area contributed by atoms with Crippen molar-refractivity contribution in [3.8, 4) is 11.5 Å². The van der Waals surface area contributed by atoms with Gasteiger partial charge in [0.25, 0.3) is 11.8 Å². The number of amides is 2. The van der Waals surface area contributed by atoms with Crippen LogP contribution >= 0.6 is 46.4 Å². The molecule has 0 fully saturated rings. The minimum absolute atomic E-state index is 0.111. The second kappa shape index (κ2) is 15.1. The van der Waals surface area contributed by atoms with E-state index in [0.29, 0.717) is 38.6 Å². The van der Waals surface area contributed by atoms with Gasteiger partial charge in [-0.2, -0.15) is 5.10 Å². The van der Waals surface area contributed by atoms with Crippen LogP contribution in [0.2, 0.25) is 20.1 Å². The zero-order valence-electron chi connectivity index (χ0n) is 22.1. The third-order valence-corrected chi connectivity index (χ3v) is 6.73. The Labute approximate surface area is 253 Å². The molecule has 0 unspecified atom stereocenters. The van der Waals surface area contributed by atoms with Crippen LogP contribution in [-0.4, -0.2) is 30.2 Å². The van der Waals surface area contributed by atoms with Gasteiger partial charge in [-0.3, -0.25) is 9.59 Å². The molecule has 0 aliphatic heterocycles. The van der Waals surface area contributed by atoms with Gasteiger partial charge in [-0.05, 0) is 61.7 Å². The highest BCUT2D eigenvalue weighted by Crippen LogP contribution is 2.28. The van der Waals surface area contributed by atoms with Crippen molar-refractivity contribution in [3.63, 3.8) is 0 Å². The SMILES string of the molecule is CC(C)C[C@@H](NC(=O)[C@@H](C)Oc1ccc(Cl)cc1Cl)C(=O)N/N=C\c1cc(Cl)ccc1OCc1ccccc1Cl. The summed E-state index contributed by atoms with van der Waals surface area (Å²) in [6, 6.07) is 16.3. The lowest BCUT2D eigenvalue weighted by atomic mass is 10.0. The van der Waals surface area contributed by atoms with Crippen molar-refractivity contribution < 1.29 is 19.1 Å². The fraction of sp³-hybridized carbons (Fsp3) is 0.276. The Balaban J connectivity index is 1.65. The molecule has 0 radical (unpaired) electrons. The van der Waals surface area contributed by atoms with Crippen molar-refractivity contribution in [1.29, 1.82) is 0 Å². The summed E-state index contributed by atoms with van der Waals surface area (Å²) in [4.78, 5) is 25.8. The summed E-state index contributed by atoms with van der Waals surface area (Å²) in [6.07, 6.45) is 0.882. The normalized spacial score (nSPS) is 12.7. The zero-order valence-corrected chi connectivity index (χ0v) is 25.1. The summed E-state index contributed by atoms with van der Waals surface area (Å²) in [5.74, 6) is -0.0605. The Morgan fingerprint density at radius 2 is 1.55 bits per heavy atom. The summed E-state index contributed by atoms with van der Waals surface area (Å²) in [7, 11) is 0. The summed E-state index contributed by atoms with van der Waals surface area (Å²) >= 11 is 24.5. The molecule has 0 spiro atoms. The molecule has 7 nitrogen and oxygen atoms in total. The van der Waals surface area contributed by atoms with E-state index in [9.17, 15) is 9.59 Å². The first-order valence-electron chi connectivity index (χ1n) is 12.4. The van der Waals surface area contributed by atoms with Gasteiger partial charge < -0.3 is 14.8 Å². The van der Waals surface area contributed by atoms with Crippen molar-refractivity contribution in [2.24, 2.45) is 11.0 Å². The second-order valence-corrected chi connectivity index (χ2v) is 11.0. The predicted molar refractivity (Wildman–Crippen MR) is 161 cm³/mol. The van der Waals surface area contributed by atoms with Gasteiger partial charge in [0.2, 0.25) is 0 Å². The van der Waals surface area contributed by atoms with E-state index < -0.39 is 24.0 Å². The van der Waals surface area contributed by atoms with Gasteiger partial charge in [-0.25, -0.2) is 5.43 Å². The topological polar surface area (TPSA) is 89.0 Å². The van der Waals surface area contributed by atoms with Crippen molar-refractivity contribution in [2.75, 3.05) is 0 Å². The minimum Gasteiger partial charge on any atom is -0.488 e. The molecular formula is C29H29Cl4N3O4. The molecule has 40 heavy (non-hydrogen) atoms. The van der Waals surface area contributed by atoms with E-state index in [0.717, 1.165) is 5.56 Å². The number of benzene rings is 3. The van der Waals surface area contributed by atoms with E-state index >= 15 is 0 Å². The minimum atomic E-state index is -0.922. The van der Waals surface area contributed by atoms with Crippen LogP contribution in [0.5, 0.6) is 11.5 Å². The Hall–Kier alpha value is -2.97. The van der Waals surface area contributed by atoms with Gasteiger partial charge >= 0.3 is 0 Å². The summed E-state index contributed by atoms with van der Waals surface area (Å²) in [5, 5.41) is 8.60. The first-order chi connectivity index (χ1) is 19.0. The predicted octanol–water partition coefficient (Wildman–Crippen LogP) is 7.33. The molecule has 0 saturated heterocycles. The van der Waals surface area contributed by atoms with E-state index in [-0.39, 0.29) is 17.5 Å². The quantitative estimate of drug-likeness (QED) is 0.163. The molecule has 3 aromatic carbocycles. The molecular weight excluding hydrogens is 596 g/mol. The van der Waals surface area contributed by atoms with Crippen LogP contribution in [0.1, 0.15) is 38.3 Å². The Morgan fingerprint density at radius 3 is 2.23 bits per heavy atom. The van der Waals surface area contributed by atoms with Gasteiger partial charge in [0.1, 0.15) is 24.1 Å². The van der Waals surface area contributed by atoms with Crippen molar-refractivity contribution in [3.05, 3.63) is 91.9 Å². The standard InChI is InChI=1S/C29H29Cl4N3O4/c1-17(2)12-25(35-28(37)18(3)40-27-11-9-22(31)14-24(27)33)29(38)36-34-15-20-13-21(30)8-10-26(20)39-16-19-6-4-5-7-23(19)32/h4-11,13-15,17-18,25H,12,16H2,1-3H3,(H,35,37)(H,36,38)/b34-15-/t18-,25-/m1/s1.